The Morgan fingerprint density at radius 2 is 1.88 bits per heavy atom. The lowest BCUT2D eigenvalue weighted by molar-refractivity contribution is -0.140. The van der Waals surface area contributed by atoms with Crippen LogP contribution in [0, 0.1) is 0 Å². The van der Waals surface area contributed by atoms with Gasteiger partial charge in [-0.25, -0.2) is 4.98 Å². The van der Waals surface area contributed by atoms with Gasteiger partial charge in [-0.3, -0.25) is 9.20 Å². The Bertz CT molecular complexity index is 875. The highest BCUT2D eigenvalue weighted by Crippen LogP contribution is 2.30. The number of carbonyl (C=O) groups is 1. The number of ether oxygens (including phenoxy) is 1. The molecule has 0 aliphatic heterocycles. The molecule has 0 saturated heterocycles. The molecule has 0 saturated carbocycles. The number of pyridine rings is 1. The third kappa shape index (κ3) is 3.47. The van der Waals surface area contributed by atoms with Crippen LogP contribution in [-0.2, 0) is 9.53 Å². The molecule has 0 atom stereocenters. The molecule has 0 aliphatic rings. The van der Waals surface area contributed by atoms with E-state index in [1.807, 2.05) is 22.6 Å². The van der Waals surface area contributed by atoms with Crippen LogP contribution in [0.25, 0.3) is 16.9 Å². The third-order valence-electron chi connectivity index (χ3n) is 3.41. The minimum atomic E-state index is -0.337. The molecule has 0 spiro atoms. The number of nitrogens with zero attached hydrogens (tertiary/aromatic N) is 2. The minimum Gasteiger partial charge on any atom is -0.465 e. The number of rotatable bonds is 5. The summed E-state index contributed by atoms with van der Waals surface area (Å²) in [5.41, 5.74) is 2.31. The molecule has 24 heavy (non-hydrogen) atoms. The number of hydrogen-bond acceptors (Lipinski definition) is 4. The van der Waals surface area contributed by atoms with Crippen LogP contribution in [0.3, 0.4) is 0 Å². The van der Waals surface area contributed by atoms with Crippen molar-refractivity contribution in [2.24, 2.45) is 0 Å². The highest BCUT2D eigenvalue weighted by Gasteiger charge is 2.15. The van der Waals surface area contributed by atoms with Crippen molar-refractivity contribution in [1.82, 2.24) is 9.38 Å². The zero-order chi connectivity index (χ0) is 17.1. The average Bonchev–Trinajstić information content (AvgIpc) is 2.91. The maximum absolute atomic E-state index is 11.7. The SMILES string of the molecule is CCOC(=O)CNc1c(-c2ccc(Cl)cc2)nc2ccc(Cl)cn12. The van der Waals surface area contributed by atoms with Gasteiger partial charge in [-0.05, 0) is 31.2 Å². The summed E-state index contributed by atoms with van der Waals surface area (Å²) >= 11 is 12.0. The van der Waals surface area contributed by atoms with Gasteiger partial charge in [-0.1, -0.05) is 35.3 Å². The topological polar surface area (TPSA) is 55.6 Å². The Labute approximate surface area is 149 Å². The number of halogens is 2. The van der Waals surface area contributed by atoms with E-state index in [4.69, 9.17) is 27.9 Å². The smallest absolute Gasteiger partial charge is 0.325 e. The van der Waals surface area contributed by atoms with E-state index in [1.165, 1.54) is 0 Å². The van der Waals surface area contributed by atoms with Crippen LogP contribution in [-0.4, -0.2) is 28.5 Å². The molecule has 3 rings (SSSR count). The van der Waals surface area contributed by atoms with Gasteiger partial charge >= 0.3 is 5.97 Å². The van der Waals surface area contributed by atoms with Crippen LogP contribution >= 0.6 is 23.2 Å². The standard InChI is InChI=1S/C17H15Cl2N3O2/c1-2-24-15(23)9-20-17-16(11-3-5-12(18)6-4-11)21-14-8-7-13(19)10-22(14)17/h3-8,10,20H,2,9H2,1H3. The Balaban J connectivity index is 2.05. The summed E-state index contributed by atoms with van der Waals surface area (Å²) in [6, 6.07) is 10.9. The summed E-state index contributed by atoms with van der Waals surface area (Å²) in [6.07, 6.45) is 1.75. The molecule has 2 aromatic heterocycles. The minimum absolute atomic E-state index is 0.0364. The molecule has 2 heterocycles. The van der Waals surface area contributed by atoms with Crippen molar-refractivity contribution in [3.05, 3.63) is 52.6 Å². The van der Waals surface area contributed by atoms with Crippen molar-refractivity contribution in [1.29, 1.82) is 0 Å². The lowest BCUT2D eigenvalue weighted by Crippen LogP contribution is -2.17. The zero-order valence-electron chi connectivity index (χ0n) is 12.9. The van der Waals surface area contributed by atoms with E-state index in [0.717, 1.165) is 11.2 Å². The fourth-order valence-electron chi connectivity index (χ4n) is 2.36. The molecule has 0 aliphatic carbocycles. The summed E-state index contributed by atoms with van der Waals surface area (Å²) in [5, 5.41) is 4.31. The highest BCUT2D eigenvalue weighted by molar-refractivity contribution is 6.30. The van der Waals surface area contributed by atoms with Crippen LogP contribution in [0.2, 0.25) is 10.0 Å². The number of imidazole rings is 1. The molecule has 0 amide bonds. The van der Waals surface area contributed by atoms with Crippen molar-refractivity contribution in [3.8, 4) is 11.3 Å². The van der Waals surface area contributed by atoms with E-state index < -0.39 is 0 Å². The van der Waals surface area contributed by atoms with Crippen LogP contribution in [0.4, 0.5) is 5.82 Å². The van der Waals surface area contributed by atoms with Gasteiger partial charge in [0.2, 0.25) is 0 Å². The van der Waals surface area contributed by atoms with Gasteiger partial charge < -0.3 is 10.1 Å². The molecule has 3 aromatic rings. The predicted octanol–water partition coefficient (Wildman–Crippen LogP) is 4.28. The molecule has 0 fully saturated rings. The van der Waals surface area contributed by atoms with E-state index in [1.54, 1.807) is 31.3 Å². The lowest BCUT2D eigenvalue weighted by Gasteiger charge is -2.08. The monoisotopic (exact) mass is 363 g/mol. The zero-order valence-corrected chi connectivity index (χ0v) is 14.4. The van der Waals surface area contributed by atoms with E-state index in [0.29, 0.717) is 28.2 Å². The fraction of sp³-hybridized carbons (Fsp3) is 0.176. The summed E-state index contributed by atoms with van der Waals surface area (Å²) in [7, 11) is 0. The number of fused-ring (bicyclic) bond motifs is 1. The number of anilines is 1. The van der Waals surface area contributed by atoms with Crippen LogP contribution in [0.5, 0.6) is 0 Å². The van der Waals surface area contributed by atoms with Crippen molar-refractivity contribution >= 4 is 40.6 Å². The number of hydrogen-bond donors (Lipinski definition) is 1. The molecule has 5 nitrogen and oxygen atoms in total. The third-order valence-corrected chi connectivity index (χ3v) is 3.88. The second-order valence-electron chi connectivity index (χ2n) is 5.05. The molecule has 0 bridgehead atoms. The van der Waals surface area contributed by atoms with E-state index >= 15 is 0 Å². The Morgan fingerprint density at radius 1 is 1.17 bits per heavy atom. The first-order valence-electron chi connectivity index (χ1n) is 7.41. The predicted molar refractivity (Wildman–Crippen MR) is 95.8 cm³/mol. The number of benzene rings is 1. The maximum Gasteiger partial charge on any atom is 0.325 e. The largest absolute Gasteiger partial charge is 0.465 e. The molecule has 7 heteroatoms. The number of nitrogens with one attached hydrogen (secondary N) is 1. The molecule has 1 N–H and O–H groups in total. The van der Waals surface area contributed by atoms with Crippen molar-refractivity contribution in [2.45, 2.75) is 6.92 Å². The second kappa shape index (κ2) is 7.11. The molecule has 0 unspecified atom stereocenters. The van der Waals surface area contributed by atoms with Crippen LogP contribution in [0.15, 0.2) is 42.6 Å². The van der Waals surface area contributed by atoms with Crippen molar-refractivity contribution in [2.75, 3.05) is 18.5 Å². The average molecular weight is 364 g/mol. The van der Waals surface area contributed by atoms with Crippen LogP contribution < -0.4 is 5.32 Å². The normalized spacial score (nSPS) is 10.8. The molecular formula is C17H15Cl2N3O2. The Morgan fingerprint density at radius 3 is 2.58 bits per heavy atom. The molecule has 0 radical (unpaired) electrons. The lowest BCUT2D eigenvalue weighted by atomic mass is 10.1. The first-order valence-corrected chi connectivity index (χ1v) is 8.17. The van der Waals surface area contributed by atoms with E-state index in [9.17, 15) is 4.79 Å². The van der Waals surface area contributed by atoms with Crippen molar-refractivity contribution in [3.63, 3.8) is 0 Å². The van der Waals surface area contributed by atoms with Gasteiger partial charge in [-0.2, -0.15) is 0 Å². The number of esters is 1. The summed E-state index contributed by atoms with van der Waals surface area (Å²) in [5.74, 6) is 0.333. The maximum atomic E-state index is 11.7. The quantitative estimate of drug-likeness (QED) is 0.687. The molecule has 124 valence electrons. The highest BCUT2D eigenvalue weighted by atomic mass is 35.5. The van der Waals surface area contributed by atoms with E-state index in [2.05, 4.69) is 10.3 Å². The number of carbonyl (C=O) groups excluding carboxylic acids is 1. The van der Waals surface area contributed by atoms with Gasteiger partial charge in [0, 0.05) is 16.8 Å². The van der Waals surface area contributed by atoms with Crippen molar-refractivity contribution < 1.29 is 9.53 Å². The first kappa shape index (κ1) is 16.6. The van der Waals surface area contributed by atoms with Gasteiger partial charge in [0.25, 0.3) is 0 Å². The Hall–Kier alpha value is -2.24. The first-order chi connectivity index (χ1) is 11.6. The van der Waals surface area contributed by atoms with E-state index in [-0.39, 0.29) is 12.5 Å². The fourth-order valence-corrected chi connectivity index (χ4v) is 2.65. The summed E-state index contributed by atoms with van der Waals surface area (Å²) in [4.78, 5) is 16.3. The second-order valence-corrected chi connectivity index (χ2v) is 5.92. The Kier molecular flexibility index (Phi) is 4.92. The van der Waals surface area contributed by atoms with Gasteiger partial charge in [0.1, 0.15) is 23.7 Å². The summed E-state index contributed by atoms with van der Waals surface area (Å²) < 4.78 is 6.77. The molecular weight excluding hydrogens is 349 g/mol. The number of aromatic nitrogens is 2. The van der Waals surface area contributed by atoms with Gasteiger partial charge in [0.05, 0.1) is 11.6 Å². The summed E-state index contributed by atoms with van der Waals surface area (Å²) in [6.45, 7) is 2.14. The van der Waals surface area contributed by atoms with Gasteiger partial charge in [-0.15, -0.1) is 0 Å². The van der Waals surface area contributed by atoms with Crippen LogP contribution in [0.1, 0.15) is 6.92 Å². The van der Waals surface area contributed by atoms with Gasteiger partial charge in [0.15, 0.2) is 0 Å². The molecule has 1 aromatic carbocycles.